The molecule has 8 heteroatoms. The number of furan rings is 1. The fourth-order valence-electron chi connectivity index (χ4n) is 1.91. The van der Waals surface area contributed by atoms with Crippen molar-refractivity contribution in [1.82, 2.24) is 9.97 Å². The van der Waals surface area contributed by atoms with Crippen LogP contribution >= 0.6 is 8.60 Å². The molecule has 2 aromatic heterocycles. The molecule has 114 valence electrons. The molecule has 0 aliphatic carbocycles. The third-order valence-corrected chi connectivity index (χ3v) is 3.20. The first kappa shape index (κ1) is 14.7. The van der Waals surface area contributed by atoms with Crippen LogP contribution in [0.3, 0.4) is 0 Å². The van der Waals surface area contributed by atoms with E-state index in [9.17, 15) is 0 Å². The zero-order valence-corrected chi connectivity index (χ0v) is 12.5. The minimum absolute atomic E-state index is 0.0241. The van der Waals surface area contributed by atoms with E-state index in [-0.39, 0.29) is 12.6 Å². The molecule has 0 radical (unpaired) electrons. The fraction of sp³-hybridized carbons (Fsp3) is 0.143. The second kappa shape index (κ2) is 6.27. The van der Waals surface area contributed by atoms with Gasteiger partial charge in [-0.15, -0.1) is 0 Å². The highest BCUT2D eigenvalue weighted by Gasteiger charge is 2.10. The molecule has 3 aromatic rings. The summed E-state index contributed by atoms with van der Waals surface area (Å²) in [5.74, 6) is 0.918. The van der Waals surface area contributed by atoms with E-state index in [0.717, 1.165) is 11.0 Å². The molecule has 0 aliphatic heterocycles. The molecule has 7 nitrogen and oxygen atoms in total. The lowest BCUT2D eigenvalue weighted by Gasteiger charge is -2.07. The van der Waals surface area contributed by atoms with Crippen LogP contribution in [-0.2, 0) is 6.61 Å². The highest BCUT2D eigenvalue weighted by molar-refractivity contribution is 7.39. The van der Waals surface area contributed by atoms with Gasteiger partial charge in [0.1, 0.15) is 18.1 Å². The average molecular weight is 320 g/mol. The van der Waals surface area contributed by atoms with E-state index in [1.165, 1.54) is 6.07 Å². The number of nitrogens with zero attached hydrogens (tertiary/aromatic N) is 2. The highest BCUT2D eigenvalue weighted by Crippen LogP contribution is 2.30. The van der Waals surface area contributed by atoms with Crippen LogP contribution in [0.2, 0.25) is 0 Å². The summed E-state index contributed by atoms with van der Waals surface area (Å²) in [7, 11) is -2.50. The Balaban J connectivity index is 1.73. The number of hydrogen-bond acceptors (Lipinski definition) is 7. The number of hydrogen-bond donors (Lipinski definition) is 2. The van der Waals surface area contributed by atoms with Gasteiger partial charge in [-0.3, -0.25) is 0 Å². The molecule has 3 rings (SSSR count). The van der Waals surface area contributed by atoms with E-state index >= 15 is 0 Å². The van der Waals surface area contributed by atoms with Gasteiger partial charge in [0.25, 0.3) is 5.95 Å². The van der Waals surface area contributed by atoms with Crippen LogP contribution in [-0.4, -0.2) is 19.8 Å². The van der Waals surface area contributed by atoms with Crippen LogP contribution < -0.4 is 9.26 Å². The number of ether oxygens (including phenoxy) is 1. The lowest BCUT2D eigenvalue weighted by molar-refractivity contribution is 0.242. The smallest absolute Gasteiger partial charge is 0.393 e. The van der Waals surface area contributed by atoms with Crippen molar-refractivity contribution in [2.45, 2.75) is 13.5 Å². The third kappa shape index (κ3) is 3.33. The van der Waals surface area contributed by atoms with Gasteiger partial charge in [0, 0.05) is 6.07 Å². The predicted octanol–water partition coefficient (Wildman–Crippen LogP) is 2.70. The van der Waals surface area contributed by atoms with Crippen molar-refractivity contribution in [3.8, 4) is 11.8 Å². The Hall–Kier alpha value is -2.21. The van der Waals surface area contributed by atoms with Crippen molar-refractivity contribution in [3.05, 3.63) is 47.9 Å². The number of fused-ring (bicyclic) bond motifs is 1. The molecule has 0 spiro atoms. The first-order valence-corrected chi connectivity index (χ1v) is 7.59. The van der Waals surface area contributed by atoms with Gasteiger partial charge >= 0.3 is 8.60 Å². The number of para-hydroxylation sites is 2. The monoisotopic (exact) mass is 320 g/mol. The molecule has 0 fully saturated rings. The predicted molar refractivity (Wildman–Crippen MR) is 79.3 cm³/mol. The summed E-state index contributed by atoms with van der Waals surface area (Å²) in [4.78, 5) is 26.3. The molecule has 22 heavy (non-hydrogen) atoms. The Bertz CT molecular complexity index is 790. The molecule has 0 saturated carbocycles. The minimum atomic E-state index is -2.50. The normalized spacial score (nSPS) is 11.1. The lowest BCUT2D eigenvalue weighted by Crippen LogP contribution is -2.00. The highest BCUT2D eigenvalue weighted by atomic mass is 31.2. The summed E-state index contributed by atoms with van der Waals surface area (Å²) < 4.78 is 15.5. The van der Waals surface area contributed by atoms with Crippen LogP contribution in [0.15, 0.2) is 40.8 Å². The fourth-order valence-corrected chi connectivity index (χ4v) is 2.17. The Labute approximate surface area is 127 Å². The van der Waals surface area contributed by atoms with Crippen LogP contribution in [0, 0.1) is 6.92 Å². The Morgan fingerprint density at radius 2 is 1.82 bits per heavy atom. The molecular weight excluding hydrogens is 307 g/mol. The van der Waals surface area contributed by atoms with E-state index in [0.29, 0.717) is 17.3 Å². The minimum Gasteiger partial charge on any atom is -0.468 e. The molecule has 2 N–H and O–H groups in total. The molecule has 0 bridgehead atoms. The molecular formula is C14H13N2O5P. The zero-order valence-electron chi connectivity index (χ0n) is 11.6. The maximum Gasteiger partial charge on any atom is 0.393 e. The van der Waals surface area contributed by atoms with E-state index < -0.39 is 8.60 Å². The first-order chi connectivity index (χ1) is 10.6. The second-order valence-corrected chi connectivity index (χ2v) is 5.14. The summed E-state index contributed by atoms with van der Waals surface area (Å²) in [6, 6.07) is 10.6. The second-order valence-electron chi connectivity index (χ2n) is 4.46. The van der Waals surface area contributed by atoms with Crippen molar-refractivity contribution in [1.29, 1.82) is 0 Å². The van der Waals surface area contributed by atoms with Crippen molar-refractivity contribution in [2.24, 2.45) is 0 Å². The van der Waals surface area contributed by atoms with Crippen molar-refractivity contribution < 1.29 is 23.5 Å². The lowest BCUT2D eigenvalue weighted by atomic mass is 10.3. The van der Waals surface area contributed by atoms with E-state index in [4.69, 9.17) is 18.9 Å². The van der Waals surface area contributed by atoms with Gasteiger partial charge in [-0.1, -0.05) is 12.1 Å². The Morgan fingerprint density at radius 3 is 2.55 bits per heavy atom. The average Bonchev–Trinajstić information content (AvgIpc) is 2.91. The summed E-state index contributed by atoms with van der Waals surface area (Å²) in [6.07, 6.45) is 0. The topological polar surface area (TPSA) is 97.8 Å². The molecule has 0 saturated heterocycles. The summed E-state index contributed by atoms with van der Waals surface area (Å²) in [5.41, 5.74) is 2.23. The summed E-state index contributed by atoms with van der Waals surface area (Å²) >= 11 is 0. The maximum absolute atomic E-state index is 8.75. The van der Waals surface area contributed by atoms with Gasteiger partial charge in [0.2, 0.25) is 5.88 Å². The van der Waals surface area contributed by atoms with Crippen molar-refractivity contribution in [3.63, 3.8) is 0 Å². The van der Waals surface area contributed by atoms with Gasteiger partial charge in [-0.2, -0.15) is 0 Å². The molecule has 0 atom stereocenters. The van der Waals surface area contributed by atoms with Crippen LogP contribution in [0.4, 0.5) is 0 Å². The molecule has 1 aromatic carbocycles. The number of rotatable bonds is 5. The largest absolute Gasteiger partial charge is 0.468 e. The van der Waals surface area contributed by atoms with Crippen LogP contribution in [0.1, 0.15) is 11.5 Å². The van der Waals surface area contributed by atoms with Gasteiger partial charge < -0.3 is 23.5 Å². The molecule has 0 unspecified atom stereocenters. The Morgan fingerprint density at radius 1 is 1.09 bits per heavy atom. The van der Waals surface area contributed by atoms with E-state index in [1.54, 1.807) is 6.07 Å². The standard InChI is InChI=1S/C14H13N2O5P/c1-9-14(16-12-5-3-2-4-11(12)15-9)19-8-10-6-7-13(20-10)21-22(17)18/h2-7,17-18H,8H2,1H3. The first-order valence-electron chi connectivity index (χ1n) is 6.42. The zero-order chi connectivity index (χ0) is 15.5. The molecule has 0 amide bonds. The summed E-state index contributed by atoms with van der Waals surface area (Å²) in [5, 5.41) is 0. The number of aryl methyl sites for hydroxylation is 1. The maximum atomic E-state index is 8.75. The van der Waals surface area contributed by atoms with E-state index in [2.05, 4.69) is 14.5 Å². The quantitative estimate of drug-likeness (QED) is 0.697. The van der Waals surface area contributed by atoms with Gasteiger partial charge in [0.05, 0.1) is 11.0 Å². The number of aromatic nitrogens is 2. The van der Waals surface area contributed by atoms with E-state index in [1.807, 2.05) is 31.2 Å². The van der Waals surface area contributed by atoms with Gasteiger partial charge in [-0.05, 0) is 25.1 Å². The molecule has 0 aliphatic rings. The van der Waals surface area contributed by atoms with Crippen LogP contribution in [0.5, 0.6) is 11.8 Å². The van der Waals surface area contributed by atoms with Crippen molar-refractivity contribution >= 4 is 19.6 Å². The molecule has 2 heterocycles. The SMILES string of the molecule is Cc1nc2ccccc2nc1OCc1ccc(OP(O)O)o1. The number of benzene rings is 1. The third-order valence-electron chi connectivity index (χ3n) is 2.86. The van der Waals surface area contributed by atoms with Gasteiger partial charge in [-0.25, -0.2) is 9.97 Å². The van der Waals surface area contributed by atoms with Crippen molar-refractivity contribution in [2.75, 3.05) is 0 Å². The Kier molecular flexibility index (Phi) is 4.20. The van der Waals surface area contributed by atoms with Gasteiger partial charge in [0.15, 0.2) is 0 Å². The summed E-state index contributed by atoms with van der Waals surface area (Å²) in [6.45, 7) is 1.95. The van der Waals surface area contributed by atoms with Crippen LogP contribution in [0.25, 0.3) is 11.0 Å².